The zero-order valence-corrected chi connectivity index (χ0v) is 22.9. The Morgan fingerprint density at radius 2 is 1.98 bits per heavy atom. The predicted molar refractivity (Wildman–Crippen MR) is 144 cm³/mol. The Balaban J connectivity index is 1.34. The number of aromatic hydroxyl groups is 1. The Morgan fingerprint density at radius 3 is 2.68 bits per heavy atom. The number of amides is 2. The van der Waals surface area contributed by atoms with Crippen molar-refractivity contribution in [3.63, 3.8) is 0 Å². The van der Waals surface area contributed by atoms with Crippen LogP contribution >= 0.6 is 11.6 Å². The number of nitrogens with zero attached hydrogens (tertiary/aromatic N) is 4. The van der Waals surface area contributed by atoms with Gasteiger partial charge < -0.3 is 19.6 Å². The minimum Gasteiger partial charge on any atom is -0.502 e. The number of carbonyl (C=O) groups is 3. The number of ether oxygens (including phenoxy) is 1. The minimum absolute atomic E-state index is 0.0261. The van der Waals surface area contributed by atoms with Gasteiger partial charge >= 0.3 is 5.97 Å². The summed E-state index contributed by atoms with van der Waals surface area (Å²) >= 11 is 5.90. The zero-order valence-electron chi connectivity index (χ0n) is 22.1. The molecular formula is C29H26ClFN4O6. The third-order valence-corrected chi connectivity index (χ3v) is 8.24. The number of halogens is 2. The number of hydrogen-bond acceptors (Lipinski definition) is 7. The van der Waals surface area contributed by atoms with Crippen molar-refractivity contribution in [1.29, 1.82) is 0 Å². The first-order valence-corrected chi connectivity index (χ1v) is 13.7. The van der Waals surface area contributed by atoms with Crippen LogP contribution in [0.1, 0.15) is 67.0 Å². The molecule has 12 heteroatoms. The van der Waals surface area contributed by atoms with Gasteiger partial charge in [0.1, 0.15) is 17.7 Å². The lowest BCUT2D eigenvalue weighted by molar-refractivity contribution is 0.0598. The molecule has 1 aliphatic carbocycles. The number of hydrogen-bond donors (Lipinski definition) is 1. The van der Waals surface area contributed by atoms with Crippen LogP contribution in [0.15, 0.2) is 41.3 Å². The lowest BCUT2D eigenvalue weighted by atomic mass is 9.95. The lowest BCUT2D eigenvalue weighted by Crippen LogP contribution is -2.40. The number of benzene rings is 1. The average Bonchev–Trinajstić information content (AvgIpc) is 3.76. The average molecular weight is 581 g/mol. The van der Waals surface area contributed by atoms with Crippen LogP contribution in [0.5, 0.6) is 5.75 Å². The summed E-state index contributed by atoms with van der Waals surface area (Å²) in [7, 11) is 1.28. The first kappa shape index (κ1) is 26.9. The predicted octanol–water partition coefficient (Wildman–Crippen LogP) is 3.33. The van der Waals surface area contributed by atoms with Gasteiger partial charge in [0.05, 0.1) is 29.0 Å². The van der Waals surface area contributed by atoms with E-state index in [1.165, 1.54) is 34.8 Å². The van der Waals surface area contributed by atoms with Crippen molar-refractivity contribution in [1.82, 2.24) is 19.4 Å². The molecule has 3 aromatic rings. The van der Waals surface area contributed by atoms with E-state index in [2.05, 4.69) is 4.98 Å². The van der Waals surface area contributed by atoms with Gasteiger partial charge in [0.2, 0.25) is 0 Å². The highest BCUT2D eigenvalue weighted by molar-refractivity contribution is 6.30. The summed E-state index contributed by atoms with van der Waals surface area (Å²) in [4.78, 5) is 60.6. The normalized spacial score (nSPS) is 18.0. The van der Waals surface area contributed by atoms with Crippen molar-refractivity contribution < 1.29 is 28.6 Å². The molecule has 1 saturated carbocycles. The van der Waals surface area contributed by atoms with Crippen molar-refractivity contribution in [3.05, 3.63) is 91.4 Å². The van der Waals surface area contributed by atoms with Gasteiger partial charge in [-0.25, -0.2) is 9.18 Å². The molecule has 2 aliphatic heterocycles. The molecule has 6 rings (SSSR count). The molecule has 2 aromatic heterocycles. The first-order chi connectivity index (χ1) is 19.7. The van der Waals surface area contributed by atoms with E-state index in [0.717, 1.165) is 12.8 Å². The summed E-state index contributed by atoms with van der Waals surface area (Å²) < 4.78 is 19.8. The fourth-order valence-corrected chi connectivity index (χ4v) is 6.05. The monoisotopic (exact) mass is 580 g/mol. The number of methoxy groups -OCH3 is 1. The fraction of sp³-hybridized carbons (Fsp3) is 0.345. The molecule has 1 fully saturated rings. The van der Waals surface area contributed by atoms with Gasteiger partial charge in [-0.15, -0.1) is 0 Å². The van der Waals surface area contributed by atoms with Gasteiger partial charge in [-0.05, 0) is 55.0 Å². The highest BCUT2D eigenvalue weighted by atomic mass is 35.5. The molecule has 1 N–H and O–H groups in total. The van der Waals surface area contributed by atoms with E-state index in [-0.39, 0.29) is 54.7 Å². The third kappa shape index (κ3) is 4.54. The molecule has 0 bridgehead atoms. The molecule has 10 nitrogen and oxygen atoms in total. The van der Waals surface area contributed by atoms with Crippen LogP contribution in [0.2, 0.25) is 5.02 Å². The fourth-order valence-electron chi connectivity index (χ4n) is 5.85. The SMILES string of the molecule is COC(=O)c1cccnc1CCN1C(=O)c2c3c(c(O)c(=O)n2C1C1CC1)C(=O)N(Cc1ccc(F)c(Cl)c1)CC3. The number of rotatable bonds is 7. The van der Waals surface area contributed by atoms with E-state index in [9.17, 15) is 28.7 Å². The number of esters is 1. The van der Waals surface area contributed by atoms with Crippen LogP contribution in [0.3, 0.4) is 0 Å². The lowest BCUT2D eigenvalue weighted by Gasteiger charge is -2.30. The Bertz CT molecular complexity index is 1670. The standard InChI is InChI=1S/C29H26ClFN4O6/c1-41-29(40)17-3-2-10-32-21(17)9-12-34-25(16-5-6-16)35-23(27(34)38)18-8-11-33(26(37)22(18)24(36)28(35)39)14-15-4-7-20(31)19(30)13-15/h2-4,7,10,13,16,25,36H,5-6,8-9,11-12,14H2,1H3. The van der Waals surface area contributed by atoms with Gasteiger partial charge in [0.25, 0.3) is 17.4 Å². The van der Waals surface area contributed by atoms with E-state index >= 15 is 0 Å². The van der Waals surface area contributed by atoms with Crippen LogP contribution in [0.25, 0.3) is 0 Å². The van der Waals surface area contributed by atoms with E-state index in [1.54, 1.807) is 23.2 Å². The van der Waals surface area contributed by atoms with Gasteiger partial charge in [-0.3, -0.25) is 23.9 Å². The Hall–Kier alpha value is -4.25. The van der Waals surface area contributed by atoms with Crippen LogP contribution in [0, 0.1) is 11.7 Å². The van der Waals surface area contributed by atoms with Gasteiger partial charge in [-0.1, -0.05) is 17.7 Å². The summed E-state index contributed by atoms with van der Waals surface area (Å²) in [6, 6.07) is 7.37. The maximum atomic E-state index is 13.9. The largest absolute Gasteiger partial charge is 0.502 e. The molecular weight excluding hydrogens is 555 g/mol. The van der Waals surface area contributed by atoms with Crippen molar-refractivity contribution in [2.45, 2.75) is 38.4 Å². The topological polar surface area (TPSA) is 122 Å². The van der Waals surface area contributed by atoms with Crippen LogP contribution in [0.4, 0.5) is 4.39 Å². The van der Waals surface area contributed by atoms with E-state index in [0.29, 0.717) is 22.4 Å². The second-order valence-corrected chi connectivity index (χ2v) is 10.8. The molecule has 4 heterocycles. The van der Waals surface area contributed by atoms with Crippen LogP contribution in [-0.2, 0) is 24.1 Å². The highest BCUT2D eigenvalue weighted by Gasteiger charge is 2.49. The molecule has 2 amide bonds. The summed E-state index contributed by atoms with van der Waals surface area (Å²) in [5, 5.41) is 10.9. The number of aromatic nitrogens is 2. The maximum Gasteiger partial charge on any atom is 0.339 e. The Labute approximate surface area is 238 Å². The first-order valence-electron chi connectivity index (χ1n) is 13.3. The number of carbonyl (C=O) groups excluding carboxylic acids is 3. The smallest absolute Gasteiger partial charge is 0.339 e. The Kier molecular flexibility index (Phi) is 6.77. The third-order valence-electron chi connectivity index (χ3n) is 7.95. The number of fused-ring (bicyclic) bond motifs is 3. The number of pyridine rings is 2. The molecule has 0 radical (unpaired) electrons. The van der Waals surface area contributed by atoms with Crippen molar-refractivity contribution in [3.8, 4) is 5.75 Å². The minimum atomic E-state index is -0.792. The van der Waals surface area contributed by atoms with Crippen molar-refractivity contribution in [2.75, 3.05) is 20.2 Å². The highest BCUT2D eigenvalue weighted by Crippen LogP contribution is 2.46. The molecule has 212 valence electrons. The second-order valence-electron chi connectivity index (χ2n) is 10.4. The van der Waals surface area contributed by atoms with Crippen molar-refractivity contribution >= 4 is 29.4 Å². The summed E-state index contributed by atoms with van der Waals surface area (Å²) in [5.74, 6) is -2.77. The zero-order chi connectivity index (χ0) is 29.0. The van der Waals surface area contributed by atoms with E-state index < -0.39 is 41.1 Å². The van der Waals surface area contributed by atoms with Gasteiger partial charge in [0, 0.05) is 37.8 Å². The molecule has 41 heavy (non-hydrogen) atoms. The summed E-state index contributed by atoms with van der Waals surface area (Å²) in [6.07, 6.45) is 3.04. The van der Waals surface area contributed by atoms with Crippen LogP contribution in [-0.4, -0.2) is 62.4 Å². The molecule has 0 saturated heterocycles. The molecule has 3 aliphatic rings. The molecule has 1 aromatic carbocycles. The summed E-state index contributed by atoms with van der Waals surface area (Å²) in [5.41, 5.74) is 0.827. The Morgan fingerprint density at radius 1 is 1.20 bits per heavy atom. The van der Waals surface area contributed by atoms with Crippen molar-refractivity contribution in [2.24, 2.45) is 5.92 Å². The van der Waals surface area contributed by atoms with Gasteiger partial charge in [0.15, 0.2) is 5.75 Å². The van der Waals surface area contributed by atoms with Crippen LogP contribution < -0.4 is 5.56 Å². The van der Waals surface area contributed by atoms with E-state index in [1.807, 2.05) is 0 Å². The second kappa shape index (κ2) is 10.3. The molecule has 1 unspecified atom stereocenters. The molecule has 1 atom stereocenters. The molecule has 0 spiro atoms. The quantitative estimate of drug-likeness (QED) is 0.425. The summed E-state index contributed by atoms with van der Waals surface area (Å²) in [6.45, 7) is 0.486. The van der Waals surface area contributed by atoms with Gasteiger partial charge in [-0.2, -0.15) is 0 Å². The van der Waals surface area contributed by atoms with E-state index in [4.69, 9.17) is 16.3 Å². The maximum absolute atomic E-state index is 13.9.